The lowest BCUT2D eigenvalue weighted by atomic mass is 10.1. The van der Waals surface area contributed by atoms with Gasteiger partial charge in [-0.1, -0.05) is 42.1 Å². The monoisotopic (exact) mass is 418 g/mol. The number of carbonyl (C=O) groups excluding carboxylic acids is 1. The van der Waals surface area contributed by atoms with Crippen LogP contribution in [-0.4, -0.2) is 43.0 Å². The Labute approximate surface area is 167 Å². The Kier molecular flexibility index (Phi) is 5.01. The van der Waals surface area contributed by atoms with Gasteiger partial charge in [0.25, 0.3) is 0 Å². The number of anilines is 1. The molecule has 2 aromatic carbocycles. The summed E-state index contributed by atoms with van der Waals surface area (Å²) in [7, 11) is -3.16. The van der Waals surface area contributed by atoms with Crippen LogP contribution in [0.2, 0.25) is 0 Å². The highest BCUT2D eigenvalue weighted by Crippen LogP contribution is 2.36. The van der Waals surface area contributed by atoms with E-state index >= 15 is 0 Å². The van der Waals surface area contributed by atoms with E-state index in [4.69, 9.17) is 0 Å². The third-order valence-corrected chi connectivity index (χ3v) is 7.67. The van der Waals surface area contributed by atoms with Crippen LogP contribution in [0.1, 0.15) is 22.8 Å². The van der Waals surface area contributed by atoms with Gasteiger partial charge in [0.2, 0.25) is 0 Å². The minimum absolute atomic E-state index is 0.0182. The molecule has 0 spiro atoms. The number of ketones is 1. The van der Waals surface area contributed by atoms with Gasteiger partial charge in [0.15, 0.2) is 20.8 Å². The Morgan fingerprint density at radius 2 is 2.00 bits per heavy atom. The first-order chi connectivity index (χ1) is 13.3. The molecule has 0 N–H and O–H groups in total. The molecule has 0 aliphatic carbocycles. The number of benzene rings is 2. The fraction of sp³-hybridized carbons (Fsp3) is 0.300. The molecule has 0 unspecified atom stereocenters. The molecule has 8 heteroatoms. The SMILES string of the molecule is CC(=O)c1cccc(N2C(SCc3ccccc3F)=N[C@@H]3CS(=O)(=O)C[C@@H]32)c1. The second-order valence-corrected chi connectivity index (χ2v) is 10.1. The van der Waals surface area contributed by atoms with Gasteiger partial charge in [0, 0.05) is 17.0 Å². The molecular formula is C20H19FN2O3S2. The molecule has 0 bridgehead atoms. The predicted octanol–water partition coefficient (Wildman–Crippen LogP) is 3.30. The van der Waals surface area contributed by atoms with Crippen LogP contribution in [0.3, 0.4) is 0 Å². The number of fused-ring (bicyclic) bond motifs is 1. The molecule has 2 atom stereocenters. The molecule has 5 nitrogen and oxygen atoms in total. The second kappa shape index (κ2) is 7.33. The quantitative estimate of drug-likeness (QED) is 0.713. The van der Waals surface area contributed by atoms with Crippen molar-refractivity contribution in [2.75, 3.05) is 16.4 Å². The van der Waals surface area contributed by atoms with Gasteiger partial charge in [-0.05, 0) is 30.7 Å². The van der Waals surface area contributed by atoms with Crippen molar-refractivity contribution in [1.82, 2.24) is 0 Å². The predicted molar refractivity (Wildman–Crippen MR) is 110 cm³/mol. The highest BCUT2D eigenvalue weighted by atomic mass is 32.2. The molecule has 1 fully saturated rings. The first-order valence-electron chi connectivity index (χ1n) is 8.89. The fourth-order valence-corrected chi connectivity index (χ4v) is 6.52. The van der Waals surface area contributed by atoms with E-state index in [9.17, 15) is 17.6 Å². The van der Waals surface area contributed by atoms with E-state index < -0.39 is 9.84 Å². The molecule has 4 rings (SSSR count). The number of thioether (sulfide) groups is 1. The average Bonchev–Trinajstić information content (AvgIpc) is 3.12. The molecule has 0 saturated carbocycles. The number of sulfone groups is 1. The first-order valence-corrected chi connectivity index (χ1v) is 11.7. The number of amidine groups is 1. The van der Waals surface area contributed by atoms with Gasteiger partial charge in [-0.15, -0.1) is 0 Å². The third kappa shape index (κ3) is 3.71. The Morgan fingerprint density at radius 1 is 1.21 bits per heavy atom. The number of rotatable bonds is 4. The smallest absolute Gasteiger partial charge is 0.164 e. The number of hydrogen-bond acceptors (Lipinski definition) is 6. The van der Waals surface area contributed by atoms with Crippen LogP contribution in [0.5, 0.6) is 0 Å². The van der Waals surface area contributed by atoms with Crippen LogP contribution in [0.15, 0.2) is 53.5 Å². The van der Waals surface area contributed by atoms with Crippen LogP contribution in [-0.2, 0) is 15.6 Å². The summed E-state index contributed by atoms with van der Waals surface area (Å²) in [6, 6.07) is 13.1. The highest BCUT2D eigenvalue weighted by Gasteiger charge is 2.47. The van der Waals surface area contributed by atoms with Gasteiger partial charge in [0.05, 0.1) is 23.6 Å². The normalized spacial score (nSPS) is 22.8. The van der Waals surface area contributed by atoms with Crippen molar-refractivity contribution < 1.29 is 17.6 Å². The van der Waals surface area contributed by atoms with E-state index in [0.29, 0.717) is 22.0 Å². The Hall–Kier alpha value is -2.19. The largest absolute Gasteiger partial charge is 0.315 e. The zero-order valence-electron chi connectivity index (χ0n) is 15.2. The summed E-state index contributed by atoms with van der Waals surface area (Å²) in [5.74, 6) is 0.0933. The van der Waals surface area contributed by atoms with Gasteiger partial charge in [0.1, 0.15) is 5.82 Å². The zero-order valence-corrected chi connectivity index (χ0v) is 16.8. The molecule has 1 saturated heterocycles. The van der Waals surface area contributed by atoms with Crippen molar-refractivity contribution in [2.24, 2.45) is 4.99 Å². The van der Waals surface area contributed by atoms with Gasteiger partial charge in [-0.25, -0.2) is 12.8 Å². The lowest BCUT2D eigenvalue weighted by Crippen LogP contribution is -2.39. The lowest BCUT2D eigenvalue weighted by molar-refractivity contribution is 0.101. The maximum Gasteiger partial charge on any atom is 0.164 e. The molecular weight excluding hydrogens is 399 g/mol. The molecule has 146 valence electrons. The summed E-state index contributed by atoms with van der Waals surface area (Å²) in [6.45, 7) is 1.49. The van der Waals surface area contributed by atoms with Crippen LogP contribution >= 0.6 is 11.8 Å². The summed E-state index contributed by atoms with van der Waals surface area (Å²) in [5.41, 5.74) is 1.86. The number of hydrogen-bond donors (Lipinski definition) is 0. The second-order valence-electron chi connectivity index (χ2n) is 6.98. The van der Waals surface area contributed by atoms with E-state index in [1.165, 1.54) is 24.8 Å². The van der Waals surface area contributed by atoms with Crippen molar-refractivity contribution in [1.29, 1.82) is 0 Å². The summed E-state index contributed by atoms with van der Waals surface area (Å²) in [4.78, 5) is 18.3. The van der Waals surface area contributed by atoms with Crippen molar-refractivity contribution in [2.45, 2.75) is 24.8 Å². The topological polar surface area (TPSA) is 66.8 Å². The van der Waals surface area contributed by atoms with E-state index in [0.717, 1.165) is 5.69 Å². The summed E-state index contributed by atoms with van der Waals surface area (Å²) < 4.78 is 38.2. The number of halogens is 1. The maximum atomic E-state index is 14.0. The maximum absolute atomic E-state index is 14.0. The molecule has 2 aromatic rings. The van der Waals surface area contributed by atoms with E-state index in [1.807, 2.05) is 11.0 Å². The molecule has 0 radical (unpaired) electrons. The van der Waals surface area contributed by atoms with Crippen LogP contribution in [0, 0.1) is 5.82 Å². The zero-order chi connectivity index (χ0) is 19.9. The Balaban J connectivity index is 1.66. The highest BCUT2D eigenvalue weighted by molar-refractivity contribution is 8.13. The number of carbonyl (C=O) groups is 1. The lowest BCUT2D eigenvalue weighted by Gasteiger charge is -2.26. The Bertz CT molecular complexity index is 1070. The first kappa shape index (κ1) is 19.1. The minimum Gasteiger partial charge on any atom is -0.315 e. The van der Waals surface area contributed by atoms with E-state index in [-0.39, 0.29) is 35.2 Å². The van der Waals surface area contributed by atoms with Gasteiger partial charge >= 0.3 is 0 Å². The number of nitrogens with zero attached hydrogens (tertiary/aromatic N) is 2. The van der Waals surface area contributed by atoms with Gasteiger partial charge < -0.3 is 4.90 Å². The van der Waals surface area contributed by atoms with Crippen molar-refractivity contribution in [3.8, 4) is 0 Å². The van der Waals surface area contributed by atoms with Gasteiger partial charge in [-0.2, -0.15) is 0 Å². The summed E-state index contributed by atoms with van der Waals surface area (Å²) in [5, 5.41) is 0.661. The molecule has 0 aromatic heterocycles. The average molecular weight is 419 g/mol. The molecule has 28 heavy (non-hydrogen) atoms. The van der Waals surface area contributed by atoms with Crippen molar-refractivity contribution in [3.63, 3.8) is 0 Å². The summed E-state index contributed by atoms with van der Waals surface area (Å²) >= 11 is 1.38. The van der Waals surface area contributed by atoms with E-state index in [1.54, 1.807) is 36.4 Å². The minimum atomic E-state index is -3.16. The fourth-order valence-electron chi connectivity index (χ4n) is 3.57. The molecule has 2 aliphatic rings. The Morgan fingerprint density at radius 3 is 2.75 bits per heavy atom. The standard InChI is InChI=1S/C20H19FN2O3S2/c1-13(24)14-6-4-7-16(9-14)23-19-12-28(25,26)11-18(19)22-20(23)27-10-15-5-2-3-8-17(15)21/h2-9,18-19H,10-12H2,1H3/t18-,19+/m1/s1. The molecule has 2 heterocycles. The molecule has 0 amide bonds. The van der Waals surface area contributed by atoms with Crippen LogP contribution in [0.4, 0.5) is 10.1 Å². The number of Topliss-reactive ketones (excluding diaryl/α,β-unsaturated/α-hetero) is 1. The van der Waals surface area contributed by atoms with Crippen LogP contribution < -0.4 is 4.90 Å². The van der Waals surface area contributed by atoms with Crippen molar-refractivity contribution in [3.05, 3.63) is 65.5 Å². The third-order valence-electron chi connectivity index (χ3n) is 4.95. The number of aliphatic imine (C=N–C) groups is 1. The van der Waals surface area contributed by atoms with E-state index in [2.05, 4.69) is 4.99 Å². The molecule has 2 aliphatic heterocycles. The van der Waals surface area contributed by atoms with Gasteiger partial charge in [-0.3, -0.25) is 9.79 Å². The van der Waals surface area contributed by atoms with Crippen molar-refractivity contribution >= 4 is 38.2 Å². The summed E-state index contributed by atoms with van der Waals surface area (Å²) in [6.07, 6.45) is 0. The van der Waals surface area contributed by atoms with Crippen LogP contribution in [0.25, 0.3) is 0 Å².